The van der Waals surface area contributed by atoms with E-state index in [4.69, 9.17) is 0 Å². The first-order valence-corrected chi connectivity index (χ1v) is 8.68. The van der Waals surface area contributed by atoms with Crippen molar-refractivity contribution in [3.63, 3.8) is 0 Å². The van der Waals surface area contributed by atoms with Gasteiger partial charge in [0.05, 0.1) is 12.1 Å². The summed E-state index contributed by atoms with van der Waals surface area (Å²) in [4.78, 5) is 37.1. The average molecular weight is 339 g/mol. The van der Waals surface area contributed by atoms with E-state index in [-0.39, 0.29) is 17.7 Å². The highest BCUT2D eigenvalue weighted by Crippen LogP contribution is 2.20. The van der Waals surface area contributed by atoms with Gasteiger partial charge in [-0.25, -0.2) is 4.98 Å². The van der Waals surface area contributed by atoms with E-state index in [1.807, 2.05) is 16.0 Å². The molecule has 0 saturated carbocycles. The summed E-state index contributed by atoms with van der Waals surface area (Å²) in [6, 6.07) is 3.55. The summed E-state index contributed by atoms with van der Waals surface area (Å²) < 4.78 is 2.10. The zero-order valence-electron chi connectivity index (χ0n) is 14.0. The van der Waals surface area contributed by atoms with Crippen LogP contribution >= 0.6 is 0 Å². The number of rotatable bonds is 3. The molecule has 2 amide bonds. The molecule has 2 aliphatic heterocycles. The third-order valence-electron chi connectivity index (χ3n) is 4.91. The smallest absolute Gasteiger partial charge is 0.255 e. The standard InChI is InChI=1S/C18H21N5O2/c24-17-4-2-7-22(17)11-14-10-21-8-6-20-16(21)13-23(12-14)18(25)15-3-1-5-19-9-15/h1,3,5-6,8-9,14H,2,4,7,10-13H2/t14-/m1/s1. The number of carbonyl (C=O) groups excluding carboxylic acids is 2. The average Bonchev–Trinajstić information content (AvgIpc) is 3.19. The Bertz CT molecular complexity index is 773. The van der Waals surface area contributed by atoms with E-state index >= 15 is 0 Å². The van der Waals surface area contributed by atoms with Crippen LogP contribution in [-0.4, -0.2) is 55.8 Å². The summed E-state index contributed by atoms with van der Waals surface area (Å²) in [7, 11) is 0. The van der Waals surface area contributed by atoms with Crippen LogP contribution in [0.2, 0.25) is 0 Å². The Morgan fingerprint density at radius 1 is 1.28 bits per heavy atom. The Labute approximate surface area is 146 Å². The molecule has 1 saturated heterocycles. The maximum atomic E-state index is 12.9. The van der Waals surface area contributed by atoms with Crippen LogP contribution in [0.25, 0.3) is 0 Å². The SMILES string of the molecule is O=C1CCCN1C[C@@H]1CN(C(=O)c2cccnc2)Cc2nccn2C1. The summed E-state index contributed by atoms with van der Waals surface area (Å²) in [6.45, 7) is 3.37. The molecule has 0 N–H and O–H groups in total. The zero-order chi connectivity index (χ0) is 17.2. The van der Waals surface area contributed by atoms with Gasteiger partial charge < -0.3 is 14.4 Å². The van der Waals surface area contributed by atoms with E-state index in [1.54, 1.807) is 30.7 Å². The van der Waals surface area contributed by atoms with E-state index in [0.29, 0.717) is 31.6 Å². The van der Waals surface area contributed by atoms with Crippen LogP contribution in [-0.2, 0) is 17.9 Å². The molecular weight excluding hydrogens is 318 g/mol. The molecular formula is C18H21N5O2. The van der Waals surface area contributed by atoms with Gasteiger partial charge in [0, 0.05) is 63.3 Å². The number of likely N-dealkylation sites (tertiary alicyclic amines) is 1. The number of amides is 2. The zero-order valence-corrected chi connectivity index (χ0v) is 14.0. The maximum absolute atomic E-state index is 12.9. The van der Waals surface area contributed by atoms with E-state index < -0.39 is 0 Å². The second kappa shape index (κ2) is 6.66. The van der Waals surface area contributed by atoms with Crippen LogP contribution in [0.4, 0.5) is 0 Å². The molecule has 7 heteroatoms. The van der Waals surface area contributed by atoms with Crippen molar-refractivity contribution < 1.29 is 9.59 Å². The molecule has 2 aromatic heterocycles. The molecule has 0 spiro atoms. The van der Waals surface area contributed by atoms with Gasteiger partial charge in [-0.05, 0) is 18.6 Å². The van der Waals surface area contributed by atoms with Crippen molar-refractivity contribution in [2.75, 3.05) is 19.6 Å². The molecule has 0 aromatic carbocycles. The number of hydrogen-bond donors (Lipinski definition) is 0. The van der Waals surface area contributed by atoms with E-state index in [2.05, 4.69) is 14.5 Å². The molecule has 25 heavy (non-hydrogen) atoms. The summed E-state index contributed by atoms with van der Waals surface area (Å²) in [5.74, 6) is 1.26. The van der Waals surface area contributed by atoms with Crippen molar-refractivity contribution in [3.05, 3.63) is 48.3 Å². The van der Waals surface area contributed by atoms with Gasteiger partial charge in [0.2, 0.25) is 5.91 Å². The molecule has 130 valence electrons. The number of pyridine rings is 1. The van der Waals surface area contributed by atoms with Crippen LogP contribution in [0.3, 0.4) is 0 Å². The highest BCUT2D eigenvalue weighted by atomic mass is 16.2. The van der Waals surface area contributed by atoms with Gasteiger partial charge in [-0.1, -0.05) is 0 Å². The van der Waals surface area contributed by atoms with Crippen molar-refractivity contribution in [2.45, 2.75) is 25.9 Å². The molecule has 1 fully saturated rings. The lowest BCUT2D eigenvalue weighted by Crippen LogP contribution is -2.39. The fourth-order valence-corrected chi connectivity index (χ4v) is 3.69. The van der Waals surface area contributed by atoms with Crippen molar-refractivity contribution in [1.29, 1.82) is 0 Å². The van der Waals surface area contributed by atoms with Crippen molar-refractivity contribution >= 4 is 11.8 Å². The number of imidazole rings is 1. The largest absolute Gasteiger partial charge is 0.342 e. The Hall–Kier alpha value is -2.70. The topological polar surface area (TPSA) is 71.3 Å². The van der Waals surface area contributed by atoms with Crippen LogP contribution in [0.5, 0.6) is 0 Å². The third kappa shape index (κ3) is 3.26. The van der Waals surface area contributed by atoms with Gasteiger partial charge in [0.1, 0.15) is 5.82 Å². The lowest BCUT2D eigenvalue weighted by Gasteiger charge is -2.27. The minimum absolute atomic E-state index is 0.0395. The molecule has 0 radical (unpaired) electrons. The Morgan fingerprint density at radius 2 is 2.20 bits per heavy atom. The molecule has 2 aliphatic rings. The van der Waals surface area contributed by atoms with Crippen LogP contribution in [0.1, 0.15) is 29.0 Å². The lowest BCUT2D eigenvalue weighted by molar-refractivity contribution is -0.128. The maximum Gasteiger partial charge on any atom is 0.255 e. The van der Waals surface area contributed by atoms with E-state index in [1.165, 1.54) is 0 Å². The monoisotopic (exact) mass is 339 g/mol. The van der Waals surface area contributed by atoms with Gasteiger partial charge in [-0.2, -0.15) is 0 Å². The quantitative estimate of drug-likeness (QED) is 0.842. The normalized spacial score (nSPS) is 20.5. The minimum Gasteiger partial charge on any atom is -0.342 e. The fraction of sp³-hybridized carbons (Fsp3) is 0.444. The van der Waals surface area contributed by atoms with Gasteiger partial charge in [0.25, 0.3) is 5.91 Å². The molecule has 1 atom stereocenters. The van der Waals surface area contributed by atoms with Crippen LogP contribution < -0.4 is 0 Å². The lowest BCUT2D eigenvalue weighted by atomic mass is 10.1. The van der Waals surface area contributed by atoms with Crippen LogP contribution in [0, 0.1) is 5.92 Å². The molecule has 0 aliphatic carbocycles. The third-order valence-corrected chi connectivity index (χ3v) is 4.91. The molecule has 0 bridgehead atoms. The second-order valence-corrected chi connectivity index (χ2v) is 6.73. The Morgan fingerprint density at radius 3 is 2.96 bits per heavy atom. The molecule has 7 nitrogen and oxygen atoms in total. The summed E-state index contributed by atoms with van der Waals surface area (Å²) >= 11 is 0. The van der Waals surface area contributed by atoms with Gasteiger partial charge in [-0.15, -0.1) is 0 Å². The molecule has 0 unspecified atom stereocenters. The fourth-order valence-electron chi connectivity index (χ4n) is 3.69. The van der Waals surface area contributed by atoms with E-state index in [0.717, 1.165) is 25.3 Å². The highest BCUT2D eigenvalue weighted by Gasteiger charge is 2.30. The van der Waals surface area contributed by atoms with Crippen LogP contribution in [0.15, 0.2) is 36.9 Å². The number of fused-ring (bicyclic) bond motifs is 1. The van der Waals surface area contributed by atoms with Crippen molar-refractivity contribution in [2.24, 2.45) is 5.92 Å². The van der Waals surface area contributed by atoms with Gasteiger partial charge in [0.15, 0.2) is 0 Å². The number of nitrogens with zero attached hydrogens (tertiary/aromatic N) is 5. The van der Waals surface area contributed by atoms with Gasteiger partial charge >= 0.3 is 0 Å². The summed E-state index contributed by atoms with van der Waals surface area (Å²) in [5, 5.41) is 0. The van der Waals surface area contributed by atoms with Crippen molar-refractivity contribution in [3.8, 4) is 0 Å². The van der Waals surface area contributed by atoms with E-state index in [9.17, 15) is 9.59 Å². The summed E-state index contributed by atoms with van der Waals surface area (Å²) in [6.07, 6.45) is 8.55. The van der Waals surface area contributed by atoms with Gasteiger partial charge in [-0.3, -0.25) is 14.6 Å². The molecule has 4 rings (SSSR count). The minimum atomic E-state index is -0.0395. The predicted molar refractivity (Wildman–Crippen MR) is 90.5 cm³/mol. The van der Waals surface area contributed by atoms with Crippen molar-refractivity contribution in [1.82, 2.24) is 24.3 Å². The molecule has 4 heterocycles. The number of aromatic nitrogens is 3. The highest BCUT2D eigenvalue weighted by molar-refractivity contribution is 5.93. The Kier molecular flexibility index (Phi) is 4.21. The number of carbonyl (C=O) groups is 2. The predicted octanol–water partition coefficient (Wildman–Crippen LogP) is 1.17. The first-order chi connectivity index (χ1) is 12.2. The molecule has 2 aromatic rings. The number of hydrogen-bond acceptors (Lipinski definition) is 4. The second-order valence-electron chi connectivity index (χ2n) is 6.73. The first kappa shape index (κ1) is 15.8. The summed E-state index contributed by atoms with van der Waals surface area (Å²) in [5.41, 5.74) is 0.582. The first-order valence-electron chi connectivity index (χ1n) is 8.68. The Balaban J connectivity index is 1.57.